The predicted octanol–water partition coefficient (Wildman–Crippen LogP) is 12.2. The summed E-state index contributed by atoms with van der Waals surface area (Å²) in [4.78, 5) is 0. The van der Waals surface area contributed by atoms with Crippen molar-refractivity contribution < 1.29 is 0 Å². The van der Waals surface area contributed by atoms with Crippen LogP contribution >= 0.6 is 0 Å². The largest absolute Gasteiger partial charge is 0.309 e. The average Bonchev–Trinajstić information content (AvgIpc) is 3.70. The van der Waals surface area contributed by atoms with Crippen LogP contribution in [0.25, 0.3) is 77.9 Å². The molecule has 0 aliphatic rings. The number of para-hydroxylation sites is 4. The van der Waals surface area contributed by atoms with E-state index in [-0.39, 0.29) is 0 Å². The molecule has 0 spiro atoms. The lowest BCUT2D eigenvalue weighted by atomic mass is 9.93. The highest BCUT2D eigenvalue weighted by molar-refractivity contribution is 6.09. The molecule has 9 rings (SSSR count). The third-order valence-corrected chi connectivity index (χ3v) is 9.31. The molecular weight excluding hydrogens is 581 g/mol. The SMILES string of the molecule is c1ccc(-c2c(-c3cccc(-c4c(-c5ccccc5)n(-c5ccccc5)c5ccccc45)c3)c3ccccc3n2-c2ccccc2)cc1. The Kier molecular flexibility index (Phi) is 6.84. The predicted molar refractivity (Wildman–Crippen MR) is 202 cm³/mol. The van der Waals surface area contributed by atoms with Gasteiger partial charge in [0, 0.05) is 33.3 Å². The molecule has 0 radical (unpaired) electrons. The van der Waals surface area contributed by atoms with Crippen molar-refractivity contribution in [2.75, 3.05) is 0 Å². The van der Waals surface area contributed by atoms with Gasteiger partial charge in [0.25, 0.3) is 0 Å². The van der Waals surface area contributed by atoms with Crippen LogP contribution in [-0.2, 0) is 0 Å². The Hall–Kier alpha value is -6.38. The Bertz CT molecular complexity index is 2350. The number of nitrogens with zero attached hydrogens (tertiary/aromatic N) is 2. The fourth-order valence-corrected chi connectivity index (χ4v) is 7.32. The molecule has 0 fully saturated rings. The van der Waals surface area contributed by atoms with Crippen molar-refractivity contribution in [3.8, 4) is 56.1 Å². The Labute approximate surface area is 280 Å². The fraction of sp³-hybridized carbons (Fsp3) is 0. The van der Waals surface area contributed by atoms with E-state index in [4.69, 9.17) is 0 Å². The number of hydrogen-bond acceptors (Lipinski definition) is 0. The van der Waals surface area contributed by atoms with E-state index >= 15 is 0 Å². The first-order valence-electron chi connectivity index (χ1n) is 16.5. The third kappa shape index (κ3) is 4.58. The summed E-state index contributed by atoms with van der Waals surface area (Å²) < 4.78 is 4.84. The van der Waals surface area contributed by atoms with Crippen LogP contribution in [0.5, 0.6) is 0 Å². The zero-order chi connectivity index (χ0) is 31.9. The smallest absolute Gasteiger partial charge is 0.0619 e. The Morgan fingerprint density at radius 2 is 0.604 bits per heavy atom. The maximum absolute atomic E-state index is 2.42. The summed E-state index contributed by atoms with van der Waals surface area (Å²) in [6.07, 6.45) is 0. The molecule has 0 saturated carbocycles. The first-order valence-corrected chi connectivity index (χ1v) is 16.5. The minimum atomic E-state index is 1.15. The molecule has 0 aliphatic heterocycles. The number of benzene rings is 7. The second-order valence-corrected chi connectivity index (χ2v) is 12.1. The highest BCUT2D eigenvalue weighted by Crippen LogP contribution is 2.46. The average molecular weight is 613 g/mol. The zero-order valence-electron chi connectivity index (χ0n) is 26.4. The molecule has 0 atom stereocenters. The molecule has 48 heavy (non-hydrogen) atoms. The molecule has 2 heterocycles. The molecule has 0 unspecified atom stereocenters. The van der Waals surface area contributed by atoms with Gasteiger partial charge < -0.3 is 9.13 Å². The van der Waals surface area contributed by atoms with Crippen molar-refractivity contribution in [2.45, 2.75) is 0 Å². The number of rotatable bonds is 6. The molecule has 0 bridgehead atoms. The highest BCUT2D eigenvalue weighted by Gasteiger charge is 2.24. The van der Waals surface area contributed by atoms with Gasteiger partial charge in [-0.3, -0.25) is 0 Å². The van der Waals surface area contributed by atoms with Gasteiger partial charge in [-0.25, -0.2) is 0 Å². The van der Waals surface area contributed by atoms with Gasteiger partial charge in [-0.15, -0.1) is 0 Å². The lowest BCUT2D eigenvalue weighted by molar-refractivity contribution is 1.13. The summed E-state index contributed by atoms with van der Waals surface area (Å²) in [5.74, 6) is 0. The van der Waals surface area contributed by atoms with E-state index < -0.39 is 0 Å². The van der Waals surface area contributed by atoms with Gasteiger partial charge in [-0.1, -0.05) is 152 Å². The molecule has 0 amide bonds. The van der Waals surface area contributed by atoms with E-state index in [1.165, 1.54) is 66.6 Å². The van der Waals surface area contributed by atoms with E-state index in [1.807, 2.05) is 0 Å². The van der Waals surface area contributed by atoms with Crippen LogP contribution in [0, 0.1) is 0 Å². The maximum atomic E-state index is 2.42. The molecule has 2 aromatic heterocycles. The Balaban J connectivity index is 1.37. The Morgan fingerprint density at radius 3 is 1.02 bits per heavy atom. The first kappa shape index (κ1) is 27.9. The summed E-state index contributed by atoms with van der Waals surface area (Å²) in [5, 5.41) is 2.46. The molecule has 2 heteroatoms. The fourth-order valence-electron chi connectivity index (χ4n) is 7.32. The van der Waals surface area contributed by atoms with Gasteiger partial charge in [-0.05, 0) is 64.7 Å². The minimum absolute atomic E-state index is 1.15. The van der Waals surface area contributed by atoms with Crippen molar-refractivity contribution in [2.24, 2.45) is 0 Å². The van der Waals surface area contributed by atoms with Crippen molar-refractivity contribution in [3.63, 3.8) is 0 Å². The van der Waals surface area contributed by atoms with Crippen LogP contribution in [0.2, 0.25) is 0 Å². The molecule has 2 nitrogen and oxygen atoms in total. The van der Waals surface area contributed by atoms with Gasteiger partial charge in [-0.2, -0.15) is 0 Å². The molecule has 0 saturated heterocycles. The second kappa shape index (κ2) is 11.8. The molecule has 0 aliphatic carbocycles. The first-order chi connectivity index (χ1) is 23.9. The van der Waals surface area contributed by atoms with E-state index in [0.717, 1.165) is 11.4 Å². The lowest BCUT2D eigenvalue weighted by Crippen LogP contribution is -1.97. The minimum Gasteiger partial charge on any atom is -0.309 e. The van der Waals surface area contributed by atoms with Crippen LogP contribution in [0.3, 0.4) is 0 Å². The van der Waals surface area contributed by atoms with E-state index in [9.17, 15) is 0 Å². The standard InChI is InChI=1S/C46H32N2/c1-5-18-33(19-6-1)45-43(39-28-13-15-30-41(39)47(45)37-24-9-3-10-25-37)35-22-17-23-36(32-35)44-40-29-14-16-31-42(40)48(38-26-11-4-12-27-38)46(44)34-20-7-2-8-21-34/h1-32H. The topological polar surface area (TPSA) is 9.86 Å². The molecule has 0 N–H and O–H groups in total. The van der Waals surface area contributed by atoms with E-state index in [2.05, 4.69) is 203 Å². The quantitative estimate of drug-likeness (QED) is 0.177. The maximum Gasteiger partial charge on any atom is 0.0619 e. The van der Waals surface area contributed by atoms with Gasteiger partial charge in [0.15, 0.2) is 0 Å². The lowest BCUT2D eigenvalue weighted by Gasteiger charge is -2.15. The molecular formula is C46H32N2. The molecule has 7 aromatic carbocycles. The van der Waals surface area contributed by atoms with Crippen LogP contribution < -0.4 is 0 Å². The summed E-state index contributed by atoms with van der Waals surface area (Å²) >= 11 is 0. The normalized spacial score (nSPS) is 11.3. The third-order valence-electron chi connectivity index (χ3n) is 9.31. The molecule has 226 valence electrons. The van der Waals surface area contributed by atoms with Crippen molar-refractivity contribution in [1.29, 1.82) is 0 Å². The van der Waals surface area contributed by atoms with Crippen molar-refractivity contribution in [3.05, 3.63) is 194 Å². The van der Waals surface area contributed by atoms with Crippen molar-refractivity contribution in [1.82, 2.24) is 9.13 Å². The van der Waals surface area contributed by atoms with Crippen LogP contribution in [-0.4, -0.2) is 9.13 Å². The Morgan fingerprint density at radius 1 is 0.271 bits per heavy atom. The van der Waals surface area contributed by atoms with Crippen molar-refractivity contribution >= 4 is 21.8 Å². The van der Waals surface area contributed by atoms with Crippen LogP contribution in [0.15, 0.2) is 194 Å². The second-order valence-electron chi connectivity index (χ2n) is 12.1. The summed E-state index contributed by atoms with van der Waals surface area (Å²) in [6.45, 7) is 0. The molecule has 9 aromatic rings. The van der Waals surface area contributed by atoms with Crippen LogP contribution in [0.1, 0.15) is 0 Å². The highest BCUT2D eigenvalue weighted by atomic mass is 15.0. The van der Waals surface area contributed by atoms with E-state index in [0.29, 0.717) is 0 Å². The summed E-state index contributed by atoms with van der Waals surface area (Å²) in [6, 6.07) is 69.8. The number of aromatic nitrogens is 2. The van der Waals surface area contributed by atoms with Gasteiger partial charge >= 0.3 is 0 Å². The summed E-state index contributed by atoms with van der Waals surface area (Å²) in [7, 11) is 0. The van der Waals surface area contributed by atoms with Gasteiger partial charge in [0.2, 0.25) is 0 Å². The monoisotopic (exact) mass is 612 g/mol. The van der Waals surface area contributed by atoms with E-state index in [1.54, 1.807) is 0 Å². The number of hydrogen-bond donors (Lipinski definition) is 0. The number of fused-ring (bicyclic) bond motifs is 2. The van der Waals surface area contributed by atoms with Gasteiger partial charge in [0.05, 0.1) is 22.4 Å². The van der Waals surface area contributed by atoms with Gasteiger partial charge in [0.1, 0.15) is 0 Å². The zero-order valence-corrected chi connectivity index (χ0v) is 26.4. The van der Waals surface area contributed by atoms with Crippen LogP contribution in [0.4, 0.5) is 0 Å². The summed E-state index contributed by atoms with van der Waals surface area (Å²) in [5.41, 5.74) is 14.3.